The number of carboxylic acid groups (broad SMARTS) is 1. The number of hydrogen-bond acceptors (Lipinski definition) is 4. The van der Waals surface area contributed by atoms with E-state index < -0.39 is 5.97 Å². The molecular formula is C13H20N2O3. The summed E-state index contributed by atoms with van der Waals surface area (Å²) < 4.78 is 5.17. The monoisotopic (exact) mass is 252 g/mol. The van der Waals surface area contributed by atoms with Crippen molar-refractivity contribution in [2.75, 3.05) is 26.7 Å². The number of aromatic carboxylic acids is 1. The standard InChI is InChI=1S/C13H20N2O3/c1-9-11(5-12(18-9)13(16)17)7-14-6-10-3-4-15(2)8-10/h5,10,14H,3-4,6-8H2,1-2H3,(H,16,17). The molecule has 5 nitrogen and oxygen atoms in total. The lowest BCUT2D eigenvalue weighted by Crippen LogP contribution is -2.24. The molecule has 0 spiro atoms. The van der Waals surface area contributed by atoms with Crippen molar-refractivity contribution in [3.63, 3.8) is 0 Å². The maximum absolute atomic E-state index is 10.8. The highest BCUT2D eigenvalue weighted by atomic mass is 16.4. The molecule has 1 aromatic rings. The number of carbonyl (C=O) groups is 1. The molecule has 1 saturated heterocycles. The average molecular weight is 252 g/mol. The number of likely N-dealkylation sites (tertiary alicyclic amines) is 1. The van der Waals surface area contributed by atoms with Gasteiger partial charge in [0.25, 0.3) is 0 Å². The Morgan fingerprint density at radius 1 is 1.67 bits per heavy atom. The summed E-state index contributed by atoms with van der Waals surface area (Å²) >= 11 is 0. The summed E-state index contributed by atoms with van der Waals surface area (Å²) in [5.41, 5.74) is 0.929. The Bertz CT molecular complexity index is 428. The molecule has 0 amide bonds. The fourth-order valence-electron chi connectivity index (χ4n) is 2.40. The van der Waals surface area contributed by atoms with Crippen molar-refractivity contribution in [1.29, 1.82) is 0 Å². The molecule has 1 aromatic heterocycles. The first-order valence-corrected chi connectivity index (χ1v) is 6.28. The first kappa shape index (κ1) is 13.1. The van der Waals surface area contributed by atoms with E-state index in [2.05, 4.69) is 17.3 Å². The van der Waals surface area contributed by atoms with E-state index in [0.717, 1.165) is 18.7 Å². The fourth-order valence-corrected chi connectivity index (χ4v) is 2.40. The van der Waals surface area contributed by atoms with E-state index in [1.807, 2.05) is 0 Å². The van der Waals surface area contributed by atoms with Crippen molar-refractivity contribution >= 4 is 5.97 Å². The molecule has 1 fully saturated rings. The van der Waals surface area contributed by atoms with Crippen LogP contribution in [0.5, 0.6) is 0 Å². The van der Waals surface area contributed by atoms with Gasteiger partial charge in [-0.1, -0.05) is 0 Å². The van der Waals surface area contributed by atoms with Crippen molar-refractivity contribution in [2.45, 2.75) is 19.9 Å². The number of nitrogens with one attached hydrogen (secondary N) is 1. The van der Waals surface area contributed by atoms with Crippen LogP contribution in [0.3, 0.4) is 0 Å². The second kappa shape index (κ2) is 5.54. The van der Waals surface area contributed by atoms with Gasteiger partial charge >= 0.3 is 5.97 Å². The second-order valence-electron chi connectivity index (χ2n) is 5.05. The van der Waals surface area contributed by atoms with E-state index in [1.165, 1.54) is 13.0 Å². The third-order valence-electron chi connectivity index (χ3n) is 3.47. The highest BCUT2D eigenvalue weighted by Gasteiger charge is 2.19. The third-order valence-corrected chi connectivity index (χ3v) is 3.47. The Kier molecular flexibility index (Phi) is 4.04. The summed E-state index contributed by atoms with van der Waals surface area (Å²) in [6.07, 6.45) is 1.23. The van der Waals surface area contributed by atoms with E-state index in [4.69, 9.17) is 9.52 Å². The summed E-state index contributed by atoms with van der Waals surface area (Å²) in [5, 5.41) is 12.2. The van der Waals surface area contributed by atoms with Gasteiger partial charge in [-0.15, -0.1) is 0 Å². The van der Waals surface area contributed by atoms with Gasteiger partial charge in [-0.25, -0.2) is 4.79 Å². The number of rotatable bonds is 5. The van der Waals surface area contributed by atoms with Crippen molar-refractivity contribution in [3.05, 3.63) is 23.2 Å². The van der Waals surface area contributed by atoms with Crippen LogP contribution in [0, 0.1) is 12.8 Å². The fraction of sp³-hybridized carbons (Fsp3) is 0.615. The molecule has 100 valence electrons. The van der Waals surface area contributed by atoms with Gasteiger partial charge in [0.05, 0.1) is 0 Å². The van der Waals surface area contributed by atoms with Crippen molar-refractivity contribution in [1.82, 2.24) is 10.2 Å². The van der Waals surface area contributed by atoms with Gasteiger partial charge in [0.2, 0.25) is 5.76 Å². The Morgan fingerprint density at radius 2 is 2.44 bits per heavy atom. The molecule has 0 radical (unpaired) electrons. The van der Waals surface area contributed by atoms with Crippen molar-refractivity contribution in [2.24, 2.45) is 5.92 Å². The maximum atomic E-state index is 10.8. The van der Waals surface area contributed by atoms with Gasteiger partial charge < -0.3 is 19.7 Å². The molecule has 5 heteroatoms. The minimum atomic E-state index is -1.01. The number of hydrogen-bond donors (Lipinski definition) is 2. The molecule has 0 aliphatic carbocycles. The molecule has 1 atom stereocenters. The van der Waals surface area contributed by atoms with Crippen LogP contribution in [0.4, 0.5) is 0 Å². The summed E-state index contributed by atoms with van der Waals surface area (Å²) in [6.45, 7) is 5.74. The molecule has 2 heterocycles. The molecule has 1 unspecified atom stereocenters. The van der Waals surface area contributed by atoms with E-state index >= 15 is 0 Å². The van der Waals surface area contributed by atoms with E-state index in [1.54, 1.807) is 13.0 Å². The molecule has 0 bridgehead atoms. The van der Waals surface area contributed by atoms with Gasteiger partial charge in [0, 0.05) is 18.7 Å². The minimum Gasteiger partial charge on any atom is -0.475 e. The number of furan rings is 1. The molecule has 2 N–H and O–H groups in total. The van der Waals surface area contributed by atoms with Crippen LogP contribution in [-0.2, 0) is 6.54 Å². The van der Waals surface area contributed by atoms with Gasteiger partial charge in [-0.3, -0.25) is 0 Å². The van der Waals surface area contributed by atoms with Gasteiger partial charge in [0.15, 0.2) is 0 Å². The van der Waals surface area contributed by atoms with Crippen LogP contribution in [-0.4, -0.2) is 42.7 Å². The first-order valence-electron chi connectivity index (χ1n) is 6.28. The second-order valence-corrected chi connectivity index (χ2v) is 5.05. The van der Waals surface area contributed by atoms with Gasteiger partial charge in [-0.05, 0) is 45.5 Å². The highest BCUT2D eigenvalue weighted by molar-refractivity contribution is 5.84. The number of aryl methyl sites for hydroxylation is 1. The Hall–Kier alpha value is -1.33. The maximum Gasteiger partial charge on any atom is 0.371 e. The molecule has 1 aliphatic rings. The topological polar surface area (TPSA) is 65.7 Å². The van der Waals surface area contributed by atoms with Crippen LogP contribution < -0.4 is 5.32 Å². The average Bonchev–Trinajstić information content (AvgIpc) is 2.87. The quantitative estimate of drug-likeness (QED) is 0.827. The normalized spacial score (nSPS) is 20.4. The summed E-state index contributed by atoms with van der Waals surface area (Å²) in [4.78, 5) is 13.1. The Labute approximate surface area is 107 Å². The lowest BCUT2D eigenvalue weighted by Gasteiger charge is -2.11. The smallest absolute Gasteiger partial charge is 0.371 e. The Balaban J connectivity index is 1.81. The van der Waals surface area contributed by atoms with E-state index in [9.17, 15) is 4.79 Å². The summed E-state index contributed by atoms with van der Waals surface area (Å²) in [5.74, 6) is 0.385. The zero-order valence-corrected chi connectivity index (χ0v) is 10.9. The van der Waals surface area contributed by atoms with Gasteiger partial charge in [-0.2, -0.15) is 0 Å². The predicted molar refractivity (Wildman–Crippen MR) is 67.7 cm³/mol. The van der Waals surface area contributed by atoms with Crippen LogP contribution in [0.25, 0.3) is 0 Å². The minimum absolute atomic E-state index is 0.0184. The van der Waals surface area contributed by atoms with Crippen LogP contribution in [0.1, 0.15) is 28.3 Å². The molecule has 1 aliphatic heterocycles. The van der Waals surface area contributed by atoms with Crippen LogP contribution >= 0.6 is 0 Å². The lowest BCUT2D eigenvalue weighted by atomic mass is 10.1. The zero-order valence-electron chi connectivity index (χ0n) is 10.9. The predicted octanol–water partition coefficient (Wildman–Crippen LogP) is 1.33. The highest BCUT2D eigenvalue weighted by Crippen LogP contribution is 2.16. The largest absolute Gasteiger partial charge is 0.475 e. The third kappa shape index (κ3) is 3.11. The molecule has 0 aromatic carbocycles. The van der Waals surface area contributed by atoms with E-state index in [-0.39, 0.29) is 5.76 Å². The van der Waals surface area contributed by atoms with Crippen LogP contribution in [0.15, 0.2) is 10.5 Å². The SMILES string of the molecule is Cc1oc(C(=O)O)cc1CNCC1CCN(C)C1. The lowest BCUT2D eigenvalue weighted by molar-refractivity contribution is 0.0661. The number of carboxylic acids is 1. The molecular weight excluding hydrogens is 232 g/mol. The molecule has 0 saturated carbocycles. The van der Waals surface area contributed by atoms with Crippen molar-refractivity contribution in [3.8, 4) is 0 Å². The van der Waals surface area contributed by atoms with Gasteiger partial charge in [0.1, 0.15) is 5.76 Å². The van der Waals surface area contributed by atoms with E-state index in [0.29, 0.717) is 18.2 Å². The zero-order chi connectivity index (χ0) is 13.1. The number of nitrogens with zero attached hydrogens (tertiary/aromatic N) is 1. The Morgan fingerprint density at radius 3 is 3.00 bits per heavy atom. The first-order chi connectivity index (χ1) is 8.56. The molecule has 2 rings (SSSR count). The van der Waals surface area contributed by atoms with Crippen molar-refractivity contribution < 1.29 is 14.3 Å². The summed E-state index contributed by atoms with van der Waals surface area (Å²) in [6, 6.07) is 1.60. The molecule has 18 heavy (non-hydrogen) atoms. The summed E-state index contributed by atoms with van der Waals surface area (Å²) in [7, 11) is 2.14. The van der Waals surface area contributed by atoms with Crippen LogP contribution in [0.2, 0.25) is 0 Å².